The van der Waals surface area contributed by atoms with Crippen LogP contribution < -0.4 is 11.0 Å². The minimum Gasteiger partial charge on any atom is -0.393 e. The lowest BCUT2D eigenvalue weighted by atomic mass is 10.1. The number of aliphatic hydroxyl groups is 1. The van der Waals surface area contributed by atoms with Crippen molar-refractivity contribution in [2.75, 3.05) is 26.2 Å². The van der Waals surface area contributed by atoms with Crippen molar-refractivity contribution >= 4 is 16.9 Å². The van der Waals surface area contributed by atoms with E-state index in [1.165, 1.54) is 4.57 Å². The van der Waals surface area contributed by atoms with E-state index in [4.69, 9.17) is 0 Å². The lowest BCUT2D eigenvalue weighted by Crippen LogP contribution is -2.38. The second-order valence-corrected chi connectivity index (χ2v) is 6.69. The number of hydrogen-bond acceptors (Lipinski definition) is 4. The summed E-state index contributed by atoms with van der Waals surface area (Å²) in [6.45, 7) is 3.38. The molecule has 0 aliphatic carbocycles. The zero-order chi connectivity index (χ0) is 17.8. The summed E-state index contributed by atoms with van der Waals surface area (Å²) < 4.78 is 3.07. The van der Waals surface area contributed by atoms with Gasteiger partial charge in [0.1, 0.15) is 6.54 Å². The van der Waals surface area contributed by atoms with Gasteiger partial charge >= 0.3 is 5.69 Å². The normalized spacial score (nSPS) is 16.4. The average molecular weight is 346 g/mol. The monoisotopic (exact) mass is 346 g/mol. The van der Waals surface area contributed by atoms with Crippen LogP contribution in [0.3, 0.4) is 0 Å². The highest BCUT2D eigenvalue weighted by Crippen LogP contribution is 2.11. The summed E-state index contributed by atoms with van der Waals surface area (Å²) in [5.41, 5.74) is 1.42. The van der Waals surface area contributed by atoms with Gasteiger partial charge < -0.3 is 15.3 Å². The number of aryl methyl sites for hydroxylation is 1. The number of amides is 1. The number of likely N-dealkylation sites (tertiary alicyclic amines) is 1. The SMILES string of the molecule is Cn1c(=O)n(CC(=O)NCCCN2CCC(O)CC2)c2ccccc21. The second-order valence-electron chi connectivity index (χ2n) is 6.69. The maximum Gasteiger partial charge on any atom is 0.329 e. The topological polar surface area (TPSA) is 79.5 Å². The number of imidazole rings is 1. The molecule has 0 radical (unpaired) electrons. The Hall–Kier alpha value is -2.12. The Kier molecular flexibility index (Phi) is 5.55. The van der Waals surface area contributed by atoms with E-state index in [1.54, 1.807) is 11.6 Å². The van der Waals surface area contributed by atoms with Crippen LogP contribution in [-0.4, -0.2) is 57.3 Å². The summed E-state index contributed by atoms with van der Waals surface area (Å²) in [7, 11) is 1.72. The molecule has 0 unspecified atom stereocenters. The molecule has 1 aliphatic rings. The van der Waals surface area contributed by atoms with Gasteiger partial charge in [0.05, 0.1) is 17.1 Å². The zero-order valence-electron chi connectivity index (χ0n) is 14.6. The van der Waals surface area contributed by atoms with Crippen LogP contribution in [0.4, 0.5) is 0 Å². The van der Waals surface area contributed by atoms with Crippen LogP contribution in [0.1, 0.15) is 19.3 Å². The first-order valence-electron chi connectivity index (χ1n) is 8.87. The van der Waals surface area contributed by atoms with Crippen molar-refractivity contribution in [2.45, 2.75) is 31.9 Å². The molecule has 7 heteroatoms. The number of fused-ring (bicyclic) bond motifs is 1. The lowest BCUT2D eigenvalue weighted by Gasteiger charge is -2.29. The fraction of sp³-hybridized carbons (Fsp3) is 0.556. The maximum atomic E-state index is 12.3. The third-order valence-electron chi connectivity index (χ3n) is 4.88. The second kappa shape index (κ2) is 7.84. The predicted octanol–water partition coefficient (Wildman–Crippen LogP) is 0.303. The zero-order valence-corrected chi connectivity index (χ0v) is 14.6. The number of benzene rings is 1. The first-order chi connectivity index (χ1) is 12.1. The van der Waals surface area contributed by atoms with Gasteiger partial charge in [-0.15, -0.1) is 0 Å². The lowest BCUT2D eigenvalue weighted by molar-refractivity contribution is -0.121. The molecule has 1 aromatic heterocycles. The summed E-state index contributed by atoms with van der Waals surface area (Å²) in [6, 6.07) is 7.48. The first kappa shape index (κ1) is 17.7. The van der Waals surface area contributed by atoms with E-state index in [-0.39, 0.29) is 24.2 Å². The molecule has 1 saturated heterocycles. The molecular weight excluding hydrogens is 320 g/mol. The van der Waals surface area contributed by atoms with Gasteiger partial charge in [0.25, 0.3) is 0 Å². The van der Waals surface area contributed by atoms with Crippen molar-refractivity contribution in [3.05, 3.63) is 34.7 Å². The van der Waals surface area contributed by atoms with Gasteiger partial charge in [-0.3, -0.25) is 13.9 Å². The number of carbonyl (C=O) groups is 1. The van der Waals surface area contributed by atoms with E-state index in [0.717, 1.165) is 49.9 Å². The number of carbonyl (C=O) groups excluding carboxylic acids is 1. The minimum atomic E-state index is -0.178. The summed E-state index contributed by atoms with van der Waals surface area (Å²) in [5.74, 6) is -0.146. The molecule has 0 spiro atoms. The van der Waals surface area contributed by atoms with Crippen LogP contribution in [-0.2, 0) is 18.4 Å². The van der Waals surface area contributed by atoms with E-state index >= 15 is 0 Å². The van der Waals surface area contributed by atoms with Gasteiger partial charge in [0, 0.05) is 26.7 Å². The minimum absolute atomic E-state index is 0.0378. The highest BCUT2D eigenvalue weighted by Gasteiger charge is 2.16. The molecule has 1 aromatic carbocycles. The van der Waals surface area contributed by atoms with E-state index < -0.39 is 0 Å². The molecule has 2 aromatic rings. The Morgan fingerprint density at radius 3 is 2.64 bits per heavy atom. The van der Waals surface area contributed by atoms with Gasteiger partial charge in [0.2, 0.25) is 5.91 Å². The summed E-state index contributed by atoms with van der Waals surface area (Å²) in [5, 5.41) is 12.4. The van der Waals surface area contributed by atoms with Crippen molar-refractivity contribution < 1.29 is 9.90 Å². The fourth-order valence-corrected chi connectivity index (χ4v) is 3.39. The summed E-state index contributed by atoms with van der Waals surface area (Å²) >= 11 is 0. The number of aliphatic hydroxyl groups excluding tert-OH is 1. The van der Waals surface area contributed by atoms with Crippen LogP contribution in [0.2, 0.25) is 0 Å². The van der Waals surface area contributed by atoms with Crippen LogP contribution in [0.15, 0.2) is 29.1 Å². The summed E-state index contributed by atoms with van der Waals surface area (Å²) in [6.07, 6.45) is 2.37. The third kappa shape index (κ3) is 4.11. The molecule has 1 amide bonds. The average Bonchev–Trinajstić information content (AvgIpc) is 2.86. The van der Waals surface area contributed by atoms with Gasteiger partial charge in [-0.25, -0.2) is 4.79 Å². The molecule has 136 valence electrons. The quantitative estimate of drug-likeness (QED) is 0.738. The van der Waals surface area contributed by atoms with Crippen molar-refractivity contribution in [3.8, 4) is 0 Å². The van der Waals surface area contributed by atoms with Gasteiger partial charge in [-0.2, -0.15) is 0 Å². The first-order valence-corrected chi connectivity index (χ1v) is 8.87. The Labute approximate surface area is 146 Å². The number of aromatic nitrogens is 2. The molecule has 2 N–H and O–H groups in total. The van der Waals surface area contributed by atoms with Crippen LogP contribution >= 0.6 is 0 Å². The Bertz CT molecular complexity index is 787. The predicted molar refractivity (Wildman–Crippen MR) is 96.5 cm³/mol. The van der Waals surface area contributed by atoms with Gasteiger partial charge in [-0.05, 0) is 37.9 Å². The summed E-state index contributed by atoms with van der Waals surface area (Å²) in [4.78, 5) is 26.8. The Morgan fingerprint density at radius 2 is 1.92 bits per heavy atom. The molecule has 0 saturated carbocycles. The molecule has 25 heavy (non-hydrogen) atoms. The van der Waals surface area contributed by atoms with E-state index in [2.05, 4.69) is 10.2 Å². The van der Waals surface area contributed by atoms with Crippen molar-refractivity contribution in [2.24, 2.45) is 7.05 Å². The molecule has 0 atom stereocenters. The molecule has 0 bridgehead atoms. The molecule has 7 nitrogen and oxygen atoms in total. The van der Waals surface area contributed by atoms with Gasteiger partial charge in [-0.1, -0.05) is 12.1 Å². The van der Waals surface area contributed by atoms with Crippen LogP contribution in [0.5, 0.6) is 0 Å². The van der Waals surface area contributed by atoms with Crippen molar-refractivity contribution in [3.63, 3.8) is 0 Å². The number of nitrogens with zero attached hydrogens (tertiary/aromatic N) is 3. The molecule has 1 aliphatic heterocycles. The van der Waals surface area contributed by atoms with Crippen LogP contribution in [0.25, 0.3) is 11.0 Å². The van der Waals surface area contributed by atoms with Crippen LogP contribution in [0, 0.1) is 0 Å². The number of nitrogens with one attached hydrogen (secondary N) is 1. The van der Waals surface area contributed by atoms with E-state index in [1.807, 2.05) is 24.3 Å². The van der Waals surface area contributed by atoms with Crippen molar-refractivity contribution in [1.29, 1.82) is 0 Å². The maximum absolute atomic E-state index is 12.3. The smallest absolute Gasteiger partial charge is 0.329 e. The fourth-order valence-electron chi connectivity index (χ4n) is 3.39. The van der Waals surface area contributed by atoms with Gasteiger partial charge in [0.15, 0.2) is 0 Å². The Balaban J connectivity index is 1.49. The third-order valence-corrected chi connectivity index (χ3v) is 4.88. The number of rotatable bonds is 6. The highest BCUT2D eigenvalue weighted by molar-refractivity contribution is 5.80. The van der Waals surface area contributed by atoms with Crippen molar-refractivity contribution in [1.82, 2.24) is 19.4 Å². The molecule has 2 heterocycles. The van der Waals surface area contributed by atoms with E-state index in [0.29, 0.717) is 6.54 Å². The number of hydrogen-bond donors (Lipinski definition) is 2. The highest BCUT2D eigenvalue weighted by atomic mass is 16.3. The largest absolute Gasteiger partial charge is 0.393 e. The standard InChI is InChI=1S/C18H26N4O3/c1-20-15-5-2-3-6-16(15)22(18(20)25)13-17(24)19-9-4-10-21-11-7-14(23)8-12-21/h2-3,5-6,14,23H,4,7-13H2,1H3,(H,19,24). The number of para-hydroxylation sites is 2. The Morgan fingerprint density at radius 1 is 1.24 bits per heavy atom. The molecule has 3 rings (SSSR count). The number of piperidine rings is 1. The molecule has 1 fully saturated rings. The molecular formula is C18H26N4O3. The van der Waals surface area contributed by atoms with E-state index in [9.17, 15) is 14.7 Å².